The third-order valence-corrected chi connectivity index (χ3v) is 8.59. The van der Waals surface area contributed by atoms with E-state index in [2.05, 4.69) is 9.44 Å². The highest BCUT2D eigenvalue weighted by Crippen LogP contribution is 2.36. The van der Waals surface area contributed by atoms with Crippen molar-refractivity contribution >= 4 is 66.0 Å². The van der Waals surface area contributed by atoms with Crippen LogP contribution in [-0.2, 0) is 20.0 Å². The molecule has 0 spiro atoms. The van der Waals surface area contributed by atoms with Gasteiger partial charge in [0.2, 0.25) is 0 Å². The van der Waals surface area contributed by atoms with Gasteiger partial charge in [0, 0.05) is 0 Å². The van der Waals surface area contributed by atoms with Crippen molar-refractivity contribution in [2.75, 3.05) is 16.6 Å². The van der Waals surface area contributed by atoms with Crippen LogP contribution < -0.4 is 14.2 Å². The molecule has 0 saturated carbocycles. The predicted molar refractivity (Wildman–Crippen MR) is 115 cm³/mol. The van der Waals surface area contributed by atoms with Gasteiger partial charge < -0.3 is 4.74 Å². The predicted octanol–water partition coefficient (Wildman–Crippen LogP) is 4.80. The molecular formula is C17H13Cl2FN2O5S3. The van der Waals surface area contributed by atoms with E-state index in [9.17, 15) is 21.2 Å². The molecule has 0 aliphatic carbocycles. The quantitative estimate of drug-likeness (QED) is 0.475. The van der Waals surface area contributed by atoms with Crippen LogP contribution in [0.15, 0.2) is 56.9 Å². The van der Waals surface area contributed by atoms with Crippen molar-refractivity contribution < 1.29 is 26.0 Å². The van der Waals surface area contributed by atoms with Crippen molar-refractivity contribution in [3.8, 4) is 5.75 Å². The minimum Gasteiger partial charge on any atom is -0.494 e. The maximum atomic E-state index is 13.9. The van der Waals surface area contributed by atoms with Crippen molar-refractivity contribution in [3.63, 3.8) is 0 Å². The van der Waals surface area contributed by atoms with Gasteiger partial charge in [-0.15, -0.1) is 11.3 Å². The highest BCUT2D eigenvalue weighted by molar-refractivity contribution is 7.94. The number of benzene rings is 2. The Bertz CT molecular complexity index is 1300. The highest BCUT2D eigenvalue weighted by atomic mass is 35.5. The number of thiophene rings is 1. The third kappa shape index (κ3) is 4.81. The molecule has 13 heteroatoms. The summed E-state index contributed by atoms with van der Waals surface area (Å²) in [6.45, 7) is 0. The maximum Gasteiger partial charge on any atom is 0.271 e. The van der Waals surface area contributed by atoms with Crippen LogP contribution in [0.25, 0.3) is 0 Å². The Labute approximate surface area is 186 Å². The number of halogens is 3. The Morgan fingerprint density at radius 1 is 0.933 bits per heavy atom. The van der Waals surface area contributed by atoms with Crippen molar-refractivity contribution in [1.82, 2.24) is 0 Å². The van der Waals surface area contributed by atoms with Crippen LogP contribution in [0.2, 0.25) is 10.0 Å². The molecule has 0 saturated heterocycles. The van der Waals surface area contributed by atoms with E-state index < -0.39 is 30.8 Å². The van der Waals surface area contributed by atoms with Gasteiger partial charge in [0.15, 0.2) is 11.6 Å². The van der Waals surface area contributed by atoms with Gasteiger partial charge in [-0.3, -0.25) is 9.44 Å². The molecule has 30 heavy (non-hydrogen) atoms. The summed E-state index contributed by atoms with van der Waals surface area (Å²) in [6.07, 6.45) is 0. The van der Waals surface area contributed by atoms with Gasteiger partial charge in [-0.05, 0) is 41.8 Å². The first-order valence-electron chi connectivity index (χ1n) is 7.95. The fraction of sp³-hybridized carbons (Fsp3) is 0.0588. The fourth-order valence-corrected chi connectivity index (χ4v) is 5.82. The zero-order valence-electron chi connectivity index (χ0n) is 15.0. The molecule has 0 amide bonds. The van der Waals surface area contributed by atoms with Crippen LogP contribution >= 0.6 is 34.5 Å². The molecule has 0 radical (unpaired) electrons. The summed E-state index contributed by atoms with van der Waals surface area (Å²) in [5, 5.41) is 1.55. The van der Waals surface area contributed by atoms with Gasteiger partial charge in [-0.2, -0.15) is 0 Å². The smallest absolute Gasteiger partial charge is 0.271 e. The number of hydrogen-bond acceptors (Lipinski definition) is 6. The van der Waals surface area contributed by atoms with E-state index in [1.165, 1.54) is 19.2 Å². The van der Waals surface area contributed by atoms with Gasteiger partial charge in [0.1, 0.15) is 4.21 Å². The summed E-state index contributed by atoms with van der Waals surface area (Å²) < 4.78 is 73.8. The van der Waals surface area contributed by atoms with E-state index in [-0.39, 0.29) is 31.4 Å². The number of sulfonamides is 2. The molecule has 0 unspecified atom stereocenters. The Morgan fingerprint density at radius 3 is 2.03 bits per heavy atom. The molecule has 0 fully saturated rings. The van der Waals surface area contributed by atoms with Crippen LogP contribution in [0.1, 0.15) is 0 Å². The summed E-state index contributed by atoms with van der Waals surface area (Å²) in [5.74, 6) is -1.01. The molecule has 160 valence electrons. The molecule has 1 heterocycles. The first kappa shape index (κ1) is 22.6. The van der Waals surface area contributed by atoms with Crippen molar-refractivity contribution in [2.24, 2.45) is 0 Å². The molecule has 2 aromatic carbocycles. The standard InChI is InChI=1S/C17H13Cl2FN2O5S3/c1-27-16-5-4-10(7-13(16)20)29(23,24)21-14-8-11(18)12(19)9-15(14)22-30(25,26)17-3-2-6-28-17/h2-9,21-22H,1H3. The zero-order valence-corrected chi connectivity index (χ0v) is 19.0. The molecule has 0 bridgehead atoms. The van der Waals surface area contributed by atoms with Crippen LogP contribution in [0.4, 0.5) is 15.8 Å². The summed E-state index contributed by atoms with van der Waals surface area (Å²) in [5.41, 5.74) is -0.351. The SMILES string of the molecule is COc1ccc(S(=O)(=O)Nc2cc(Cl)c(Cl)cc2NS(=O)(=O)c2cccs2)cc1F. The second kappa shape index (κ2) is 8.60. The Kier molecular flexibility index (Phi) is 6.48. The van der Waals surface area contributed by atoms with Crippen molar-refractivity contribution in [3.05, 3.63) is 63.7 Å². The lowest BCUT2D eigenvalue weighted by Crippen LogP contribution is -2.17. The molecule has 3 aromatic rings. The minimum absolute atomic E-state index is 0.000939. The Balaban J connectivity index is 2.01. The third-order valence-electron chi connectivity index (χ3n) is 3.74. The molecule has 2 N–H and O–H groups in total. The first-order valence-corrected chi connectivity index (χ1v) is 12.6. The van der Waals surface area contributed by atoms with Gasteiger partial charge in [-0.1, -0.05) is 29.3 Å². The maximum absolute atomic E-state index is 13.9. The minimum atomic E-state index is -4.30. The van der Waals surface area contributed by atoms with Gasteiger partial charge in [0.25, 0.3) is 20.0 Å². The summed E-state index contributed by atoms with van der Waals surface area (Å²) >= 11 is 12.9. The molecule has 1 aromatic heterocycles. The van der Waals surface area contributed by atoms with Crippen molar-refractivity contribution in [1.29, 1.82) is 0 Å². The van der Waals surface area contributed by atoms with Gasteiger partial charge >= 0.3 is 0 Å². The monoisotopic (exact) mass is 510 g/mol. The zero-order chi connectivity index (χ0) is 22.1. The number of methoxy groups -OCH3 is 1. The summed E-state index contributed by atoms with van der Waals surface area (Å²) in [7, 11) is -7.06. The van der Waals surface area contributed by atoms with Crippen LogP contribution in [0.5, 0.6) is 5.75 Å². The number of nitrogens with one attached hydrogen (secondary N) is 2. The average Bonchev–Trinajstić information content (AvgIpc) is 3.21. The number of hydrogen-bond donors (Lipinski definition) is 2. The molecular weight excluding hydrogens is 498 g/mol. The molecule has 3 rings (SSSR count). The molecule has 0 atom stereocenters. The summed E-state index contributed by atoms with van der Waals surface area (Å²) in [6, 6.07) is 8.31. The second-order valence-electron chi connectivity index (χ2n) is 5.75. The van der Waals surface area contributed by atoms with Crippen LogP contribution in [-0.4, -0.2) is 23.9 Å². The lowest BCUT2D eigenvalue weighted by atomic mass is 10.3. The average molecular weight is 511 g/mol. The van der Waals surface area contributed by atoms with E-state index in [1.54, 1.807) is 11.4 Å². The van der Waals surface area contributed by atoms with E-state index in [1.807, 2.05) is 0 Å². The number of ether oxygens (including phenoxy) is 1. The molecule has 7 nitrogen and oxygen atoms in total. The van der Waals surface area contributed by atoms with E-state index in [0.29, 0.717) is 0 Å². The molecule has 0 aliphatic heterocycles. The van der Waals surface area contributed by atoms with E-state index in [4.69, 9.17) is 27.9 Å². The van der Waals surface area contributed by atoms with Gasteiger partial charge in [-0.25, -0.2) is 21.2 Å². The van der Waals surface area contributed by atoms with Crippen molar-refractivity contribution in [2.45, 2.75) is 9.10 Å². The first-order chi connectivity index (χ1) is 14.0. The lowest BCUT2D eigenvalue weighted by molar-refractivity contribution is 0.385. The highest BCUT2D eigenvalue weighted by Gasteiger charge is 2.23. The van der Waals surface area contributed by atoms with Gasteiger partial charge in [0.05, 0.1) is 33.4 Å². The molecule has 0 aliphatic rings. The summed E-state index contributed by atoms with van der Waals surface area (Å²) in [4.78, 5) is -0.404. The van der Waals surface area contributed by atoms with Crippen LogP contribution in [0.3, 0.4) is 0 Å². The normalized spacial score (nSPS) is 11.9. The Morgan fingerprint density at radius 2 is 1.53 bits per heavy atom. The topological polar surface area (TPSA) is 102 Å². The van der Waals surface area contributed by atoms with E-state index >= 15 is 0 Å². The second-order valence-corrected chi connectivity index (χ2v) is 11.1. The largest absolute Gasteiger partial charge is 0.494 e. The van der Waals surface area contributed by atoms with E-state index in [0.717, 1.165) is 35.6 Å². The fourth-order valence-electron chi connectivity index (χ4n) is 2.35. The number of anilines is 2. The van der Waals surface area contributed by atoms with Crippen LogP contribution in [0, 0.1) is 5.82 Å². The lowest BCUT2D eigenvalue weighted by Gasteiger charge is -2.15. The number of rotatable bonds is 7. The Hall–Kier alpha value is -2.05.